The standard InChI is InChI=1S/C7H7BrN2O2S/c1-12-6(11)4-13-7-9-2-5(8)3-10-7/h2-3H,4H2,1H3. The van der Waals surface area contributed by atoms with Crippen molar-refractivity contribution < 1.29 is 9.53 Å². The molecule has 0 aromatic carbocycles. The van der Waals surface area contributed by atoms with Crippen molar-refractivity contribution in [2.75, 3.05) is 12.9 Å². The van der Waals surface area contributed by atoms with Gasteiger partial charge in [0.25, 0.3) is 0 Å². The summed E-state index contributed by atoms with van der Waals surface area (Å²) in [5, 5.41) is 0.564. The predicted molar refractivity (Wildman–Crippen MR) is 52.5 cm³/mol. The molecule has 1 aromatic heterocycles. The second-order valence-corrected chi connectivity index (χ2v) is 3.91. The molecule has 0 radical (unpaired) electrons. The third-order valence-corrected chi connectivity index (χ3v) is 2.40. The van der Waals surface area contributed by atoms with Crippen molar-refractivity contribution in [3.8, 4) is 0 Å². The van der Waals surface area contributed by atoms with Gasteiger partial charge < -0.3 is 4.74 Å². The lowest BCUT2D eigenvalue weighted by Gasteiger charge is -1.97. The highest BCUT2D eigenvalue weighted by Gasteiger charge is 2.03. The largest absolute Gasteiger partial charge is 0.468 e. The molecular weight excluding hydrogens is 256 g/mol. The first-order chi connectivity index (χ1) is 6.22. The molecule has 0 aliphatic rings. The number of nitrogens with zero attached hydrogens (tertiary/aromatic N) is 2. The molecule has 6 heteroatoms. The van der Waals surface area contributed by atoms with Crippen LogP contribution in [0.15, 0.2) is 22.0 Å². The van der Waals surface area contributed by atoms with Gasteiger partial charge in [0.15, 0.2) is 5.16 Å². The quantitative estimate of drug-likeness (QED) is 0.470. The zero-order chi connectivity index (χ0) is 9.68. The van der Waals surface area contributed by atoms with Crippen LogP contribution in [0, 0.1) is 0 Å². The predicted octanol–water partition coefficient (Wildman–Crippen LogP) is 1.50. The highest BCUT2D eigenvalue weighted by Crippen LogP contribution is 2.13. The summed E-state index contributed by atoms with van der Waals surface area (Å²) < 4.78 is 5.29. The Kier molecular flexibility index (Phi) is 4.17. The number of hydrogen-bond donors (Lipinski definition) is 0. The number of rotatable bonds is 3. The highest BCUT2D eigenvalue weighted by atomic mass is 79.9. The number of ether oxygens (including phenoxy) is 1. The van der Waals surface area contributed by atoms with E-state index in [2.05, 4.69) is 30.6 Å². The lowest BCUT2D eigenvalue weighted by Crippen LogP contribution is -2.03. The lowest BCUT2D eigenvalue weighted by atomic mass is 10.7. The maximum absolute atomic E-state index is 10.7. The summed E-state index contributed by atoms with van der Waals surface area (Å²) in [6, 6.07) is 0. The molecule has 0 saturated carbocycles. The molecule has 0 unspecified atom stereocenters. The summed E-state index contributed by atoms with van der Waals surface area (Å²) >= 11 is 4.46. The summed E-state index contributed by atoms with van der Waals surface area (Å²) in [7, 11) is 1.35. The van der Waals surface area contributed by atoms with Crippen LogP contribution in [0.4, 0.5) is 0 Å². The minimum absolute atomic E-state index is 0.234. The first-order valence-electron chi connectivity index (χ1n) is 3.39. The van der Waals surface area contributed by atoms with Gasteiger partial charge in [-0.15, -0.1) is 0 Å². The summed E-state index contributed by atoms with van der Waals surface area (Å²) in [6.07, 6.45) is 3.26. The summed E-state index contributed by atoms with van der Waals surface area (Å²) in [6.45, 7) is 0. The fraction of sp³-hybridized carbons (Fsp3) is 0.286. The Morgan fingerprint density at radius 1 is 1.62 bits per heavy atom. The SMILES string of the molecule is COC(=O)CSc1ncc(Br)cn1. The van der Waals surface area contributed by atoms with E-state index in [0.717, 1.165) is 4.47 Å². The van der Waals surface area contributed by atoms with Crippen LogP contribution in [-0.4, -0.2) is 28.8 Å². The second kappa shape index (κ2) is 5.18. The van der Waals surface area contributed by atoms with Crippen LogP contribution in [-0.2, 0) is 9.53 Å². The Bertz CT molecular complexity index is 291. The number of carbonyl (C=O) groups excluding carboxylic acids is 1. The fourth-order valence-corrected chi connectivity index (χ4v) is 1.38. The number of thioether (sulfide) groups is 1. The number of hydrogen-bond acceptors (Lipinski definition) is 5. The Morgan fingerprint density at radius 2 is 2.23 bits per heavy atom. The molecule has 0 atom stereocenters. The van der Waals surface area contributed by atoms with E-state index in [9.17, 15) is 4.79 Å². The number of esters is 1. The van der Waals surface area contributed by atoms with Gasteiger partial charge in [-0.3, -0.25) is 4.79 Å². The van der Waals surface area contributed by atoms with Crippen molar-refractivity contribution in [1.82, 2.24) is 9.97 Å². The Hall–Kier alpha value is -0.620. The average Bonchev–Trinajstić information content (AvgIpc) is 2.16. The van der Waals surface area contributed by atoms with Gasteiger partial charge in [-0.05, 0) is 15.9 Å². The molecule has 0 fully saturated rings. The van der Waals surface area contributed by atoms with Crippen LogP contribution in [0.3, 0.4) is 0 Å². The van der Waals surface area contributed by atoms with Gasteiger partial charge in [-0.1, -0.05) is 11.8 Å². The molecule has 0 spiro atoms. The van der Waals surface area contributed by atoms with Crippen molar-refractivity contribution in [1.29, 1.82) is 0 Å². The highest BCUT2D eigenvalue weighted by molar-refractivity contribution is 9.10. The van der Waals surface area contributed by atoms with Crippen LogP contribution in [0.2, 0.25) is 0 Å². The van der Waals surface area contributed by atoms with Gasteiger partial charge in [0.2, 0.25) is 0 Å². The van der Waals surface area contributed by atoms with Crippen LogP contribution in [0.25, 0.3) is 0 Å². The number of halogens is 1. The zero-order valence-electron chi connectivity index (χ0n) is 6.86. The van der Waals surface area contributed by atoms with E-state index in [1.807, 2.05) is 0 Å². The number of aromatic nitrogens is 2. The van der Waals surface area contributed by atoms with E-state index in [4.69, 9.17) is 0 Å². The van der Waals surface area contributed by atoms with E-state index in [-0.39, 0.29) is 11.7 Å². The molecule has 1 aromatic rings. The van der Waals surface area contributed by atoms with Crippen LogP contribution < -0.4 is 0 Å². The average molecular weight is 263 g/mol. The molecule has 4 nitrogen and oxygen atoms in total. The van der Waals surface area contributed by atoms with Crippen LogP contribution in [0.5, 0.6) is 0 Å². The van der Waals surface area contributed by atoms with Crippen molar-refractivity contribution in [3.63, 3.8) is 0 Å². The maximum atomic E-state index is 10.7. The fourth-order valence-electron chi connectivity index (χ4n) is 0.557. The van der Waals surface area contributed by atoms with Crippen molar-refractivity contribution in [3.05, 3.63) is 16.9 Å². The molecule has 0 bridgehead atoms. The van der Waals surface area contributed by atoms with Gasteiger partial charge in [0, 0.05) is 12.4 Å². The van der Waals surface area contributed by atoms with Gasteiger partial charge >= 0.3 is 5.97 Å². The van der Waals surface area contributed by atoms with Crippen molar-refractivity contribution in [2.24, 2.45) is 0 Å². The summed E-state index contributed by atoms with van der Waals surface area (Å²) in [5.74, 6) is -0.0467. The zero-order valence-corrected chi connectivity index (χ0v) is 9.26. The molecular formula is C7H7BrN2O2S. The summed E-state index contributed by atoms with van der Waals surface area (Å²) in [5.41, 5.74) is 0. The molecule has 1 rings (SSSR count). The van der Waals surface area contributed by atoms with Crippen LogP contribution in [0.1, 0.15) is 0 Å². The topological polar surface area (TPSA) is 52.1 Å². The van der Waals surface area contributed by atoms with Gasteiger partial charge in [0.1, 0.15) is 0 Å². The Balaban J connectivity index is 2.46. The minimum atomic E-state index is -0.281. The molecule has 70 valence electrons. The number of carbonyl (C=O) groups is 1. The molecule has 0 N–H and O–H groups in total. The molecule has 0 saturated heterocycles. The monoisotopic (exact) mass is 262 g/mol. The summed E-state index contributed by atoms with van der Waals surface area (Å²) in [4.78, 5) is 18.7. The molecule has 13 heavy (non-hydrogen) atoms. The second-order valence-electron chi connectivity index (χ2n) is 2.05. The Labute approximate surface area is 88.2 Å². The Morgan fingerprint density at radius 3 is 2.77 bits per heavy atom. The maximum Gasteiger partial charge on any atom is 0.316 e. The van der Waals surface area contributed by atoms with Gasteiger partial charge in [0.05, 0.1) is 17.3 Å². The van der Waals surface area contributed by atoms with Crippen molar-refractivity contribution in [2.45, 2.75) is 5.16 Å². The van der Waals surface area contributed by atoms with Gasteiger partial charge in [-0.25, -0.2) is 9.97 Å². The first-order valence-corrected chi connectivity index (χ1v) is 5.17. The molecule has 1 heterocycles. The smallest absolute Gasteiger partial charge is 0.316 e. The first kappa shape index (κ1) is 10.5. The van der Waals surface area contributed by atoms with E-state index in [1.165, 1.54) is 18.9 Å². The molecule has 0 aliphatic carbocycles. The molecule has 0 aliphatic heterocycles. The molecule has 0 amide bonds. The normalized spacial score (nSPS) is 9.69. The van der Waals surface area contributed by atoms with E-state index >= 15 is 0 Å². The van der Waals surface area contributed by atoms with E-state index in [0.29, 0.717) is 5.16 Å². The lowest BCUT2D eigenvalue weighted by molar-refractivity contribution is -0.137. The number of methoxy groups -OCH3 is 1. The van der Waals surface area contributed by atoms with Gasteiger partial charge in [-0.2, -0.15) is 0 Å². The minimum Gasteiger partial charge on any atom is -0.468 e. The third kappa shape index (κ3) is 3.73. The van der Waals surface area contributed by atoms with Crippen molar-refractivity contribution >= 4 is 33.7 Å². The van der Waals surface area contributed by atoms with E-state index in [1.54, 1.807) is 12.4 Å². The third-order valence-electron chi connectivity index (χ3n) is 1.14. The van der Waals surface area contributed by atoms with Crippen LogP contribution >= 0.6 is 27.7 Å². The van der Waals surface area contributed by atoms with E-state index < -0.39 is 0 Å².